The SMILES string of the molecule is CCC(C)(C)NC(=O)CNCC1CCCCO1. The normalized spacial score (nSPS) is 21.2. The van der Waals surface area contributed by atoms with Gasteiger partial charge in [-0.3, -0.25) is 4.79 Å². The second kappa shape index (κ2) is 6.97. The summed E-state index contributed by atoms with van der Waals surface area (Å²) in [7, 11) is 0. The number of carbonyl (C=O) groups excluding carboxylic acids is 1. The van der Waals surface area contributed by atoms with Crippen LogP contribution in [-0.4, -0.2) is 37.2 Å². The zero-order chi connectivity index (χ0) is 12.7. The Labute approximate surface area is 104 Å². The van der Waals surface area contributed by atoms with E-state index in [2.05, 4.69) is 17.6 Å². The molecule has 0 aliphatic carbocycles. The van der Waals surface area contributed by atoms with Crippen LogP contribution in [0.25, 0.3) is 0 Å². The Morgan fingerprint density at radius 3 is 2.76 bits per heavy atom. The minimum atomic E-state index is -0.111. The molecule has 1 aliphatic heterocycles. The van der Waals surface area contributed by atoms with Crippen LogP contribution in [0.2, 0.25) is 0 Å². The molecule has 1 heterocycles. The van der Waals surface area contributed by atoms with Crippen LogP contribution in [0, 0.1) is 0 Å². The van der Waals surface area contributed by atoms with Gasteiger partial charge >= 0.3 is 0 Å². The van der Waals surface area contributed by atoms with Gasteiger partial charge in [-0.15, -0.1) is 0 Å². The van der Waals surface area contributed by atoms with Crippen molar-refractivity contribution in [3.8, 4) is 0 Å². The number of nitrogens with one attached hydrogen (secondary N) is 2. The molecule has 0 bridgehead atoms. The van der Waals surface area contributed by atoms with Crippen molar-refractivity contribution in [1.82, 2.24) is 10.6 Å². The zero-order valence-electron chi connectivity index (χ0n) is 11.3. The first-order valence-electron chi connectivity index (χ1n) is 6.67. The molecule has 0 spiro atoms. The van der Waals surface area contributed by atoms with Gasteiger partial charge in [0.2, 0.25) is 5.91 Å². The Kier molecular flexibility index (Phi) is 5.92. The fraction of sp³-hybridized carbons (Fsp3) is 0.923. The minimum absolute atomic E-state index is 0.0626. The third-order valence-electron chi connectivity index (χ3n) is 3.29. The van der Waals surface area contributed by atoms with Gasteiger partial charge in [-0.1, -0.05) is 6.92 Å². The molecule has 1 aliphatic rings. The maximum Gasteiger partial charge on any atom is 0.234 e. The van der Waals surface area contributed by atoms with Crippen LogP contribution in [0.5, 0.6) is 0 Å². The Bertz CT molecular complexity index is 236. The highest BCUT2D eigenvalue weighted by molar-refractivity contribution is 5.78. The summed E-state index contributed by atoms with van der Waals surface area (Å²) in [6, 6.07) is 0. The number of hydrogen-bond donors (Lipinski definition) is 2. The lowest BCUT2D eigenvalue weighted by Crippen LogP contribution is -2.47. The van der Waals surface area contributed by atoms with Crippen LogP contribution < -0.4 is 10.6 Å². The van der Waals surface area contributed by atoms with Crippen LogP contribution in [0.4, 0.5) is 0 Å². The second-order valence-electron chi connectivity index (χ2n) is 5.41. The molecule has 1 fully saturated rings. The van der Waals surface area contributed by atoms with E-state index in [1.807, 2.05) is 13.8 Å². The van der Waals surface area contributed by atoms with Crippen LogP contribution >= 0.6 is 0 Å². The summed E-state index contributed by atoms with van der Waals surface area (Å²) in [6.45, 7) is 8.17. The van der Waals surface area contributed by atoms with Crippen molar-refractivity contribution >= 4 is 5.91 Å². The lowest BCUT2D eigenvalue weighted by Gasteiger charge is -2.25. The highest BCUT2D eigenvalue weighted by atomic mass is 16.5. The molecule has 0 aromatic carbocycles. The largest absolute Gasteiger partial charge is 0.377 e. The predicted octanol–water partition coefficient (Wildman–Crippen LogP) is 1.45. The number of carbonyl (C=O) groups is 1. The zero-order valence-corrected chi connectivity index (χ0v) is 11.3. The number of rotatable bonds is 6. The molecule has 0 aromatic rings. The van der Waals surface area contributed by atoms with E-state index < -0.39 is 0 Å². The summed E-state index contributed by atoms with van der Waals surface area (Å²) in [6.07, 6.45) is 4.73. The van der Waals surface area contributed by atoms with Gasteiger partial charge < -0.3 is 15.4 Å². The molecule has 0 radical (unpaired) electrons. The van der Waals surface area contributed by atoms with E-state index in [0.29, 0.717) is 6.54 Å². The molecule has 1 atom stereocenters. The van der Waals surface area contributed by atoms with Crippen molar-refractivity contribution in [2.75, 3.05) is 19.7 Å². The smallest absolute Gasteiger partial charge is 0.234 e. The van der Waals surface area contributed by atoms with Crippen LogP contribution in [0.15, 0.2) is 0 Å². The summed E-state index contributed by atoms with van der Waals surface area (Å²) >= 11 is 0. The van der Waals surface area contributed by atoms with Gasteiger partial charge in [0.25, 0.3) is 0 Å². The summed E-state index contributed by atoms with van der Waals surface area (Å²) in [5, 5.41) is 6.17. The van der Waals surface area contributed by atoms with Gasteiger partial charge in [-0.2, -0.15) is 0 Å². The Morgan fingerprint density at radius 2 is 2.18 bits per heavy atom. The van der Waals surface area contributed by atoms with E-state index in [4.69, 9.17) is 4.74 Å². The predicted molar refractivity (Wildman–Crippen MR) is 69.0 cm³/mol. The Hall–Kier alpha value is -0.610. The van der Waals surface area contributed by atoms with Crippen molar-refractivity contribution in [3.63, 3.8) is 0 Å². The third-order valence-corrected chi connectivity index (χ3v) is 3.29. The highest BCUT2D eigenvalue weighted by Gasteiger charge is 2.18. The first kappa shape index (κ1) is 14.5. The molecule has 4 heteroatoms. The molecular formula is C13H26N2O2. The minimum Gasteiger partial charge on any atom is -0.377 e. The molecule has 1 saturated heterocycles. The summed E-state index contributed by atoms with van der Waals surface area (Å²) in [4.78, 5) is 11.6. The van der Waals surface area contributed by atoms with E-state index in [-0.39, 0.29) is 17.6 Å². The molecule has 2 N–H and O–H groups in total. The molecule has 17 heavy (non-hydrogen) atoms. The van der Waals surface area contributed by atoms with Crippen molar-refractivity contribution < 1.29 is 9.53 Å². The standard InChI is InChI=1S/C13H26N2O2/c1-4-13(2,3)15-12(16)10-14-9-11-7-5-6-8-17-11/h11,14H,4-10H2,1-3H3,(H,15,16). The molecule has 1 rings (SSSR count). The van der Waals surface area contributed by atoms with E-state index in [9.17, 15) is 4.79 Å². The number of ether oxygens (including phenoxy) is 1. The van der Waals surface area contributed by atoms with Crippen molar-refractivity contribution in [1.29, 1.82) is 0 Å². The van der Waals surface area contributed by atoms with Gasteiger partial charge in [0.15, 0.2) is 0 Å². The van der Waals surface area contributed by atoms with Crippen LogP contribution in [0.1, 0.15) is 46.5 Å². The molecule has 4 nitrogen and oxygen atoms in total. The molecule has 0 aromatic heterocycles. The van der Waals surface area contributed by atoms with E-state index in [1.54, 1.807) is 0 Å². The highest BCUT2D eigenvalue weighted by Crippen LogP contribution is 2.11. The fourth-order valence-electron chi connectivity index (χ4n) is 1.83. The third kappa shape index (κ3) is 6.03. The quantitative estimate of drug-likeness (QED) is 0.741. The number of hydrogen-bond acceptors (Lipinski definition) is 3. The Morgan fingerprint density at radius 1 is 1.41 bits per heavy atom. The molecule has 1 unspecified atom stereocenters. The summed E-state index contributed by atoms with van der Waals surface area (Å²) in [5.74, 6) is 0.0626. The molecule has 1 amide bonds. The monoisotopic (exact) mass is 242 g/mol. The Balaban J connectivity index is 2.11. The van der Waals surface area contributed by atoms with E-state index >= 15 is 0 Å². The van der Waals surface area contributed by atoms with Gasteiger partial charge in [-0.05, 0) is 39.5 Å². The van der Waals surface area contributed by atoms with Crippen molar-refractivity contribution in [2.45, 2.75) is 58.1 Å². The van der Waals surface area contributed by atoms with E-state index in [0.717, 1.165) is 26.0 Å². The van der Waals surface area contributed by atoms with Crippen LogP contribution in [0.3, 0.4) is 0 Å². The first-order valence-corrected chi connectivity index (χ1v) is 6.67. The van der Waals surface area contributed by atoms with Gasteiger partial charge in [0.05, 0.1) is 12.6 Å². The summed E-state index contributed by atoms with van der Waals surface area (Å²) < 4.78 is 5.59. The number of amides is 1. The summed E-state index contributed by atoms with van der Waals surface area (Å²) in [5.41, 5.74) is -0.111. The molecule has 100 valence electrons. The maximum absolute atomic E-state index is 11.6. The molecule has 0 saturated carbocycles. The average molecular weight is 242 g/mol. The van der Waals surface area contributed by atoms with Crippen LogP contribution in [-0.2, 0) is 9.53 Å². The van der Waals surface area contributed by atoms with Crippen molar-refractivity contribution in [2.24, 2.45) is 0 Å². The van der Waals surface area contributed by atoms with Gasteiger partial charge in [0.1, 0.15) is 0 Å². The van der Waals surface area contributed by atoms with Gasteiger partial charge in [-0.25, -0.2) is 0 Å². The maximum atomic E-state index is 11.6. The second-order valence-corrected chi connectivity index (χ2v) is 5.41. The average Bonchev–Trinajstić information content (AvgIpc) is 2.30. The molecular weight excluding hydrogens is 216 g/mol. The van der Waals surface area contributed by atoms with E-state index in [1.165, 1.54) is 12.8 Å². The fourth-order valence-corrected chi connectivity index (χ4v) is 1.83. The van der Waals surface area contributed by atoms with Gasteiger partial charge in [0, 0.05) is 18.7 Å². The topological polar surface area (TPSA) is 50.4 Å². The lowest BCUT2D eigenvalue weighted by atomic mass is 10.0. The lowest BCUT2D eigenvalue weighted by molar-refractivity contribution is -0.122. The van der Waals surface area contributed by atoms with Crippen molar-refractivity contribution in [3.05, 3.63) is 0 Å². The first-order chi connectivity index (χ1) is 8.03.